The number of hydrogen-bond donors (Lipinski definition) is 1. The van der Waals surface area contributed by atoms with Crippen molar-refractivity contribution in [2.24, 2.45) is 7.05 Å². The zero-order chi connectivity index (χ0) is 27.7. The number of rotatable bonds is 8. The molecule has 0 unspecified atom stereocenters. The van der Waals surface area contributed by atoms with E-state index < -0.39 is 0 Å². The minimum Gasteiger partial charge on any atom is -0.477 e. The molecule has 1 fully saturated rings. The Morgan fingerprint density at radius 1 is 1.26 bits per heavy atom. The lowest BCUT2D eigenvalue weighted by Crippen LogP contribution is -2.56. The number of nitrogens with zero attached hydrogens (tertiary/aromatic N) is 6. The number of ether oxygens (including phenoxy) is 1. The summed E-state index contributed by atoms with van der Waals surface area (Å²) in [6.45, 7) is 11.6. The third-order valence-corrected chi connectivity index (χ3v) is 7.77. The van der Waals surface area contributed by atoms with E-state index in [1.54, 1.807) is 4.68 Å². The van der Waals surface area contributed by atoms with Crippen LogP contribution in [0.5, 0.6) is 5.88 Å². The van der Waals surface area contributed by atoms with Crippen LogP contribution in [-0.4, -0.2) is 80.8 Å². The molecule has 0 spiro atoms. The van der Waals surface area contributed by atoms with Gasteiger partial charge in [-0.05, 0) is 63.9 Å². The summed E-state index contributed by atoms with van der Waals surface area (Å²) >= 11 is 0. The Balaban J connectivity index is 1.36. The molecule has 1 aliphatic heterocycles. The minimum atomic E-state index is -0.195. The topological polar surface area (TPSA) is 88.4 Å². The molecule has 3 aromatic rings. The second-order valence-electron chi connectivity index (χ2n) is 10.7. The maximum atomic E-state index is 13.3. The summed E-state index contributed by atoms with van der Waals surface area (Å²) in [6, 6.07) is 6.28. The van der Waals surface area contributed by atoms with E-state index in [1.807, 2.05) is 52.3 Å². The van der Waals surface area contributed by atoms with E-state index in [-0.39, 0.29) is 11.9 Å². The second-order valence-corrected chi connectivity index (χ2v) is 10.7. The number of hydrogen-bond acceptors (Lipinski definition) is 7. The first kappa shape index (κ1) is 27.0. The molecule has 2 aliphatic rings. The number of nitrogens with one attached hydrogen (secondary N) is 1. The van der Waals surface area contributed by atoms with Gasteiger partial charge in [0.1, 0.15) is 5.82 Å². The average molecular weight is 530 g/mol. The molecule has 9 nitrogen and oxygen atoms in total. The quantitative estimate of drug-likeness (QED) is 0.478. The number of aromatic nitrogens is 4. The number of allylic oxidation sites excluding steroid dienone is 1. The molecule has 1 aromatic carbocycles. The molecule has 206 valence electrons. The van der Waals surface area contributed by atoms with Crippen molar-refractivity contribution in [1.29, 1.82) is 0 Å². The molecular formula is C30H39N7O2. The van der Waals surface area contributed by atoms with Crippen LogP contribution in [0.4, 0.5) is 5.69 Å². The number of carbonyl (C=O) groups excluding carboxylic acids is 1. The molecule has 1 aliphatic carbocycles. The summed E-state index contributed by atoms with van der Waals surface area (Å²) in [4.78, 5) is 27.5. The van der Waals surface area contributed by atoms with E-state index in [2.05, 4.69) is 51.3 Å². The van der Waals surface area contributed by atoms with Crippen molar-refractivity contribution in [3.8, 4) is 5.88 Å². The Bertz CT molecular complexity index is 1400. The maximum Gasteiger partial charge on any atom is 0.241 e. The molecular weight excluding hydrogens is 490 g/mol. The maximum absolute atomic E-state index is 13.3. The highest BCUT2D eigenvalue weighted by atomic mass is 16.5. The second kappa shape index (κ2) is 11.3. The van der Waals surface area contributed by atoms with Gasteiger partial charge in [-0.15, -0.1) is 5.10 Å². The summed E-state index contributed by atoms with van der Waals surface area (Å²) in [5, 5.41) is 7.65. The van der Waals surface area contributed by atoms with Crippen LogP contribution < -0.4 is 10.1 Å². The Hall–Kier alpha value is -3.56. The highest BCUT2D eigenvalue weighted by Crippen LogP contribution is 2.37. The van der Waals surface area contributed by atoms with Crippen molar-refractivity contribution in [3.63, 3.8) is 0 Å². The van der Waals surface area contributed by atoms with Gasteiger partial charge in [0.15, 0.2) is 0 Å². The lowest BCUT2D eigenvalue weighted by molar-refractivity contribution is -0.122. The Kier molecular flexibility index (Phi) is 7.81. The first-order valence-corrected chi connectivity index (χ1v) is 13.8. The van der Waals surface area contributed by atoms with Gasteiger partial charge in [-0.25, -0.2) is 9.97 Å². The van der Waals surface area contributed by atoms with Crippen molar-refractivity contribution >= 4 is 17.2 Å². The Labute approximate surface area is 230 Å². The number of likely N-dealkylation sites (N-methyl/N-ethyl adjacent to an activating group) is 1. The summed E-state index contributed by atoms with van der Waals surface area (Å²) in [7, 11) is 4.02. The van der Waals surface area contributed by atoms with E-state index in [1.165, 1.54) is 0 Å². The van der Waals surface area contributed by atoms with Crippen LogP contribution in [0.1, 0.15) is 54.5 Å². The average Bonchev–Trinajstić information content (AvgIpc) is 3.48. The Morgan fingerprint density at radius 3 is 2.85 bits per heavy atom. The normalized spacial score (nSPS) is 18.5. The van der Waals surface area contributed by atoms with Crippen molar-refractivity contribution in [3.05, 3.63) is 70.4 Å². The fourth-order valence-corrected chi connectivity index (χ4v) is 5.73. The van der Waals surface area contributed by atoms with Gasteiger partial charge < -0.3 is 15.0 Å². The SMILES string of the molecule is CCOc1nn(C)cc1Cc1ncc(C)c(C2=CCc3c(NC(=O)[C@@H](C)N4CCN(C)C[C@H]4C)cccc32)n1. The number of fused-ring (bicyclic) bond motifs is 1. The summed E-state index contributed by atoms with van der Waals surface area (Å²) in [5.74, 6) is 1.38. The van der Waals surface area contributed by atoms with Gasteiger partial charge in [0.2, 0.25) is 11.8 Å². The predicted octanol–water partition coefficient (Wildman–Crippen LogP) is 3.46. The van der Waals surface area contributed by atoms with Gasteiger partial charge in [-0.2, -0.15) is 0 Å². The van der Waals surface area contributed by atoms with Crippen LogP contribution in [0.15, 0.2) is 36.7 Å². The predicted molar refractivity (Wildman–Crippen MR) is 153 cm³/mol. The van der Waals surface area contributed by atoms with E-state index in [9.17, 15) is 4.79 Å². The van der Waals surface area contributed by atoms with Gasteiger partial charge >= 0.3 is 0 Å². The van der Waals surface area contributed by atoms with E-state index >= 15 is 0 Å². The van der Waals surface area contributed by atoms with Crippen LogP contribution in [-0.2, 0) is 24.7 Å². The van der Waals surface area contributed by atoms with Gasteiger partial charge in [0, 0.05) is 68.4 Å². The fraction of sp³-hybridized carbons (Fsp3) is 0.467. The molecule has 0 saturated carbocycles. The molecule has 5 rings (SSSR count). The number of amides is 1. The molecule has 9 heteroatoms. The Morgan fingerprint density at radius 2 is 2.08 bits per heavy atom. The molecule has 1 N–H and O–H groups in total. The largest absolute Gasteiger partial charge is 0.477 e. The number of aryl methyl sites for hydroxylation is 2. The van der Waals surface area contributed by atoms with Crippen molar-refractivity contribution in [2.75, 3.05) is 38.6 Å². The minimum absolute atomic E-state index is 0.0373. The highest BCUT2D eigenvalue weighted by molar-refractivity contribution is 5.97. The third-order valence-electron chi connectivity index (χ3n) is 7.77. The summed E-state index contributed by atoms with van der Waals surface area (Å²) in [6.07, 6.45) is 7.33. The molecule has 1 amide bonds. The van der Waals surface area contributed by atoms with Crippen LogP contribution in [0.2, 0.25) is 0 Å². The first-order chi connectivity index (χ1) is 18.7. The highest BCUT2D eigenvalue weighted by Gasteiger charge is 2.30. The number of benzene rings is 1. The van der Waals surface area contributed by atoms with Gasteiger partial charge in [-0.1, -0.05) is 18.2 Å². The van der Waals surface area contributed by atoms with Crippen LogP contribution in [0.3, 0.4) is 0 Å². The van der Waals surface area contributed by atoms with Crippen molar-refractivity contribution in [2.45, 2.75) is 52.6 Å². The van der Waals surface area contributed by atoms with Gasteiger partial charge in [0.05, 0.1) is 18.3 Å². The number of anilines is 1. The lowest BCUT2D eigenvalue weighted by atomic mass is 9.99. The van der Waals surface area contributed by atoms with Crippen LogP contribution >= 0.6 is 0 Å². The molecule has 39 heavy (non-hydrogen) atoms. The smallest absolute Gasteiger partial charge is 0.241 e. The molecule has 1 saturated heterocycles. The standard InChI is InChI=1S/C30H39N7O2/c1-7-39-30-22(18-36(6)34-30)15-27-31-16-19(2)28(33-27)25-12-11-24-23(25)9-8-10-26(24)32-29(38)21(4)37-14-13-35(5)17-20(37)3/h8-10,12,16,18,20-21H,7,11,13-15,17H2,1-6H3,(H,32,38)/t20-,21-/m1/s1. The molecule has 3 heterocycles. The first-order valence-electron chi connectivity index (χ1n) is 13.8. The molecule has 0 bridgehead atoms. The number of carbonyl (C=O) groups is 1. The monoisotopic (exact) mass is 529 g/mol. The molecule has 0 radical (unpaired) electrons. The summed E-state index contributed by atoms with van der Waals surface area (Å²) < 4.78 is 7.46. The summed E-state index contributed by atoms with van der Waals surface area (Å²) in [5.41, 5.74) is 7.09. The zero-order valence-corrected chi connectivity index (χ0v) is 23.9. The van der Waals surface area contributed by atoms with E-state index in [4.69, 9.17) is 9.72 Å². The molecule has 2 aromatic heterocycles. The van der Waals surface area contributed by atoms with Gasteiger partial charge in [0.25, 0.3) is 0 Å². The fourth-order valence-electron chi connectivity index (χ4n) is 5.73. The van der Waals surface area contributed by atoms with E-state index in [0.29, 0.717) is 24.9 Å². The van der Waals surface area contributed by atoms with Crippen LogP contribution in [0, 0.1) is 6.92 Å². The van der Waals surface area contributed by atoms with Crippen LogP contribution in [0.25, 0.3) is 5.57 Å². The third kappa shape index (κ3) is 5.60. The lowest BCUT2D eigenvalue weighted by Gasteiger charge is -2.41. The van der Waals surface area contributed by atoms with Crippen molar-refractivity contribution < 1.29 is 9.53 Å². The van der Waals surface area contributed by atoms with E-state index in [0.717, 1.165) is 71.1 Å². The number of piperazine rings is 1. The molecule has 2 atom stereocenters. The zero-order valence-electron chi connectivity index (χ0n) is 23.9. The van der Waals surface area contributed by atoms with Crippen molar-refractivity contribution in [1.82, 2.24) is 29.5 Å². The van der Waals surface area contributed by atoms with Gasteiger partial charge in [-0.3, -0.25) is 14.4 Å².